The lowest BCUT2D eigenvalue weighted by molar-refractivity contribution is -0.127. The Hall–Kier alpha value is -0.730. The summed E-state index contributed by atoms with van der Waals surface area (Å²) in [4.78, 5) is 12.4. The number of hydrogen-bond acceptors (Lipinski definition) is 3. The molecule has 1 amide bonds. The predicted molar refractivity (Wildman–Crippen MR) is 48.6 cm³/mol. The third kappa shape index (κ3) is 2.36. The molecule has 1 heterocycles. The van der Waals surface area contributed by atoms with E-state index in [1.807, 2.05) is 0 Å². The smallest absolute Gasteiger partial charge is 0.237 e. The van der Waals surface area contributed by atoms with Gasteiger partial charge in [-0.1, -0.05) is 5.92 Å². The maximum atomic E-state index is 11.1. The van der Waals surface area contributed by atoms with Gasteiger partial charge in [-0.15, -0.1) is 6.42 Å². The number of carbonyl (C=O) groups is 1. The average molecular weight is 222 g/mol. The lowest BCUT2D eigenvalue weighted by Crippen LogP contribution is -2.27. The van der Waals surface area contributed by atoms with Crippen molar-refractivity contribution in [3.05, 3.63) is 0 Å². The van der Waals surface area contributed by atoms with Crippen LogP contribution in [-0.4, -0.2) is 37.6 Å². The second kappa shape index (κ2) is 3.56. The number of halogens is 1. The van der Waals surface area contributed by atoms with Crippen LogP contribution in [0, 0.1) is 12.3 Å². The van der Waals surface area contributed by atoms with E-state index in [-0.39, 0.29) is 25.4 Å². The van der Waals surface area contributed by atoms with Crippen molar-refractivity contribution in [1.82, 2.24) is 4.90 Å². The number of rotatable bonds is 2. The molecule has 1 rings (SSSR count). The summed E-state index contributed by atoms with van der Waals surface area (Å²) < 4.78 is 21.7. The Morgan fingerprint density at radius 3 is 2.69 bits per heavy atom. The molecule has 1 fully saturated rings. The number of likely N-dealkylation sites (tertiary alicyclic amines) is 1. The lowest BCUT2D eigenvalue weighted by atomic mass is 10.4. The van der Waals surface area contributed by atoms with E-state index in [2.05, 4.69) is 5.92 Å². The summed E-state index contributed by atoms with van der Waals surface area (Å²) >= 11 is 0. The standard InChI is InChI=1S/C7H8ClNO3S/c1-2-3-9-5-6(4-7(9)10)13(8,11)12/h1,6H,3-5H2. The van der Waals surface area contributed by atoms with Gasteiger partial charge >= 0.3 is 0 Å². The van der Waals surface area contributed by atoms with Gasteiger partial charge in [0.05, 0.1) is 6.54 Å². The third-order valence-electron chi connectivity index (χ3n) is 1.86. The van der Waals surface area contributed by atoms with Crippen molar-refractivity contribution in [3.8, 4) is 12.3 Å². The summed E-state index contributed by atoms with van der Waals surface area (Å²) in [5.41, 5.74) is 0. The number of terminal acetylenes is 1. The molecule has 0 aromatic carbocycles. The van der Waals surface area contributed by atoms with Gasteiger partial charge in [-0.05, 0) is 0 Å². The molecule has 0 aliphatic carbocycles. The summed E-state index contributed by atoms with van der Waals surface area (Å²) in [6.45, 7) is 0.247. The van der Waals surface area contributed by atoms with Crippen molar-refractivity contribution in [2.45, 2.75) is 11.7 Å². The van der Waals surface area contributed by atoms with Crippen LogP contribution in [0.4, 0.5) is 0 Å². The van der Waals surface area contributed by atoms with Gasteiger partial charge in [0.15, 0.2) is 0 Å². The number of amides is 1. The molecule has 1 aliphatic heterocycles. The molecule has 1 saturated heterocycles. The lowest BCUT2D eigenvalue weighted by Gasteiger charge is -2.11. The van der Waals surface area contributed by atoms with Crippen LogP contribution in [0.1, 0.15) is 6.42 Å². The quantitative estimate of drug-likeness (QED) is 0.479. The first-order valence-electron chi connectivity index (χ1n) is 3.60. The predicted octanol–water partition coefficient (Wildman–Crippen LogP) is -0.211. The number of nitrogens with zero attached hydrogens (tertiary/aromatic N) is 1. The molecular formula is C7H8ClNO3S. The molecule has 6 heteroatoms. The Morgan fingerprint density at radius 1 is 1.69 bits per heavy atom. The molecule has 0 aromatic heterocycles. The molecule has 0 radical (unpaired) electrons. The molecular weight excluding hydrogens is 214 g/mol. The van der Waals surface area contributed by atoms with Crippen molar-refractivity contribution in [2.24, 2.45) is 0 Å². The normalized spacial score (nSPS) is 23.2. The van der Waals surface area contributed by atoms with Gasteiger partial charge in [0.1, 0.15) is 5.25 Å². The monoisotopic (exact) mass is 221 g/mol. The minimum atomic E-state index is -3.65. The first-order valence-corrected chi connectivity index (χ1v) is 5.97. The van der Waals surface area contributed by atoms with Crippen LogP contribution >= 0.6 is 10.7 Å². The summed E-state index contributed by atoms with van der Waals surface area (Å²) in [7, 11) is 1.47. The number of hydrogen-bond donors (Lipinski definition) is 0. The minimum absolute atomic E-state index is 0.0620. The fourth-order valence-electron chi connectivity index (χ4n) is 1.19. The maximum Gasteiger partial charge on any atom is 0.237 e. The maximum absolute atomic E-state index is 11.1. The molecule has 0 spiro atoms. The van der Waals surface area contributed by atoms with Crippen LogP contribution in [0.5, 0.6) is 0 Å². The summed E-state index contributed by atoms with van der Waals surface area (Å²) in [5.74, 6) is 2.02. The van der Waals surface area contributed by atoms with E-state index >= 15 is 0 Å². The average Bonchev–Trinajstić information content (AvgIpc) is 2.32. The van der Waals surface area contributed by atoms with Crippen molar-refractivity contribution >= 4 is 25.6 Å². The molecule has 1 unspecified atom stereocenters. The van der Waals surface area contributed by atoms with Crippen LogP contribution in [0.15, 0.2) is 0 Å². The Labute approximate surface area is 81.3 Å². The van der Waals surface area contributed by atoms with Gasteiger partial charge in [0.2, 0.25) is 15.0 Å². The van der Waals surface area contributed by atoms with E-state index in [1.165, 1.54) is 4.90 Å². The Balaban J connectivity index is 2.72. The molecule has 72 valence electrons. The van der Waals surface area contributed by atoms with E-state index in [1.54, 1.807) is 0 Å². The van der Waals surface area contributed by atoms with E-state index in [0.29, 0.717) is 0 Å². The Morgan fingerprint density at radius 2 is 2.31 bits per heavy atom. The highest BCUT2D eigenvalue weighted by Gasteiger charge is 2.36. The van der Waals surface area contributed by atoms with Crippen LogP contribution in [0.2, 0.25) is 0 Å². The van der Waals surface area contributed by atoms with Gasteiger partial charge < -0.3 is 4.90 Å². The SMILES string of the molecule is C#CCN1CC(S(=O)(=O)Cl)CC1=O. The largest absolute Gasteiger partial charge is 0.330 e. The van der Waals surface area contributed by atoms with Gasteiger partial charge in [-0.3, -0.25) is 4.79 Å². The van der Waals surface area contributed by atoms with Crippen molar-refractivity contribution < 1.29 is 13.2 Å². The van der Waals surface area contributed by atoms with Crippen LogP contribution in [0.3, 0.4) is 0 Å². The van der Waals surface area contributed by atoms with Crippen LogP contribution < -0.4 is 0 Å². The highest BCUT2D eigenvalue weighted by molar-refractivity contribution is 8.14. The third-order valence-corrected chi connectivity index (χ3v) is 3.73. The van der Waals surface area contributed by atoms with E-state index in [0.717, 1.165) is 0 Å². The van der Waals surface area contributed by atoms with E-state index in [4.69, 9.17) is 17.1 Å². The summed E-state index contributed by atoms with van der Waals surface area (Å²) in [6, 6.07) is 0. The first-order chi connectivity index (χ1) is 5.95. The zero-order valence-electron chi connectivity index (χ0n) is 6.73. The van der Waals surface area contributed by atoms with E-state index in [9.17, 15) is 13.2 Å². The Bertz CT molecular complexity index is 356. The van der Waals surface area contributed by atoms with Crippen LogP contribution in [-0.2, 0) is 13.8 Å². The molecule has 1 aliphatic rings. The van der Waals surface area contributed by atoms with Crippen molar-refractivity contribution in [1.29, 1.82) is 0 Å². The van der Waals surface area contributed by atoms with E-state index < -0.39 is 14.3 Å². The topological polar surface area (TPSA) is 54.5 Å². The highest BCUT2D eigenvalue weighted by atomic mass is 35.7. The Kier molecular flexibility index (Phi) is 2.84. The molecule has 13 heavy (non-hydrogen) atoms. The van der Waals surface area contributed by atoms with Crippen LogP contribution in [0.25, 0.3) is 0 Å². The van der Waals surface area contributed by atoms with Gasteiger partial charge in [0, 0.05) is 23.6 Å². The fraction of sp³-hybridized carbons (Fsp3) is 0.571. The molecule has 0 bridgehead atoms. The van der Waals surface area contributed by atoms with Crippen molar-refractivity contribution in [2.75, 3.05) is 13.1 Å². The molecule has 4 nitrogen and oxygen atoms in total. The summed E-state index contributed by atoms with van der Waals surface area (Å²) in [6.07, 6.45) is 4.94. The van der Waals surface area contributed by atoms with Gasteiger partial charge in [-0.2, -0.15) is 0 Å². The second-order valence-electron chi connectivity index (χ2n) is 2.78. The second-order valence-corrected chi connectivity index (χ2v) is 5.69. The molecule has 1 atom stereocenters. The van der Waals surface area contributed by atoms with Gasteiger partial charge in [-0.25, -0.2) is 8.42 Å². The fourth-order valence-corrected chi connectivity index (χ4v) is 2.25. The van der Waals surface area contributed by atoms with Crippen molar-refractivity contribution in [3.63, 3.8) is 0 Å². The number of carbonyl (C=O) groups excluding carboxylic acids is 1. The summed E-state index contributed by atoms with van der Waals surface area (Å²) in [5, 5.41) is -0.810. The molecule has 0 saturated carbocycles. The zero-order valence-corrected chi connectivity index (χ0v) is 8.31. The highest BCUT2D eigenvalue weighted by Crippen LogP contribution is 2.20. The minimum Gasteiger partial charge on any atom is -0.330 e. The molecule has 0 N–H and O–H groups in total. The zero-order chi connectivity index (χ0) is 10.1. The van der Waals surface area contributed by atoms with Gasteiger partial charge in [0.25, 0.3) is 0 Å². The molecule has 0 aromatic rings. The first kappa shape index (κ1) is 10.4.